The quantitative estimate of drug-likeness (QED) is 0.231. The van der Waals surface area contributed by atoms with Gasteiger partial charge in [-0.3, -0.25) is 4.79 Å². The Kier molecular flexibility index (Phi) is 8.67. The van der Waals surface area contributed by atoms with E-state index in [2.05, 4.69) is 31.3 Å². The molecule has 3 aromatic carbocycles. The minimum absolute atomic E-state index is 0.0280. The highest BCUT2D eigenvalue weighted by molar-refractivity contribution is 6.09. The van der Waals surface area contributed by atoms with Crippen molar-refractivity contribution in [3.8, 4) is 17.6 Å². The van der Waals surface area contributed by atoms with Crippen LogP contribution in [-0.2, 0) is 4.79 Å². The summed E-state index contributed by atoms with van der Waals surface area (Å²) in [4.78, 5) is 12.3. The molecule has 0 aliphatic carbocycles. The van der Waals surface area contributed by atoms with Gasteiger partial charge in [0.2, 0.25) is 0 Å². The topological polar surface area (TPSA) is 71.3 Å². The summed E-state index contributed by atoms with van der Waals surface area (Å²) in [5, 5.41) is 12.1. The molecule has 3 aromatic rings. The van der Waals surface area contributed by atoms with E-state index < -0.39 is 5.91 Å². The molecule has 0 aliphatic rings. The Morgan fingerprint density at radius 2 is 1.52 bits per heavy atom. The van der Waals surface area contributed by atoms with E-state index in [-0.39, 0.29) is 5.57 Å². The second-order valence-electron chi connectivity index (χ2n) is 7.63. The highest BCUT2D eigenvalue weighted by Gasteiger charge is 2.09. The molecule has 1 N–H and O–H groups in total. The van der Waals surface area contributed by atoms with Gasteiger partial charge in [-0.2, -0.15) is 5.26 Å². The van der Waals surface area contributed by atoms with E-state index >= 15 is 0 Å². The van der Waals surface area contributed by atoms with Crippen LogP contribution in [0.2, 0.25) is 0 Å². The summed E-state index contributed by atoms with van der Waals surface area (Å²) in [6, 6.07) is 26.4. The van der Waals surface area contributed by atoms with E-state index in [4.69, 9.17) is 9.47 Å². The molecule has 0 saturated heterocycles. The van der Waals surface area contributed by atoms with Crippen LogP contribution in [-0.4, -0.2) is 19.1 Å². The van der Waals surface area contributed by atoms with Gasteiger partial charge >= 0.3 is 0 Å². The lowest BCUT2D eigenvalue weighted by atomic mass is 9.99. The smallest absolute Gasteiger partial charge is 0.266 e. The van der Waals surface area contributed by atoms with E-state index in [1.807, 2.05) is 36.4 Å². The second-order valence-corrected chi connectivity index (χ2v) is 7.63. The highest BCUT2D eigenvalue weighted by atomic mass is 16.5. The standard InChI is InChI=1S/C28H28N2O3/c1-3-21(2)23-11-15-27(16-12-23)33-18-17-32-26-13-9-22(10-14-26)19-24(20-29)28(31)30-25-7-5-4-6-8-25/h4-16,19,21H,3,17-18H2,1-2H3,(H,30,31)/b24-19-/t21-/m0/s1. The predicted molar refractivity (Wildman–Crippen MR) is 131 cm³/mol. The lowest BCUT2D eigenvalue weighted by Crippen LogP contribution is -2.13. The third kappa shape index (κ3) is 7.26. The Bertz CT molecular complexity index is 1100. The van der Waals surface area contributed by atoms with E-state index in [0.29, 0.717) is 30.6 Å². The van der Waals surface area contributed by atoms with Gasteiger partial charge in [-0.1, -0.05) is 56.3 Å². The van der Waals surface area contributed by atoms with Crippen LogP contribution >= 0.6 is 0 Å². The lowest BCUT2D eigenvalue weighted by Gasteiger charge is -2.11. The maximum atomic E-state index is 12.3. The molecule has 0 radical (unpaired) electrons. The van der Waals surface area contributed by atoms with Crippen LogP contribution in [0, 0.1) is 11.3 Å². The average Bonchev–Trinajstić information content (AvgIpc) is 2.86. The summed E-state index contributed by atoms with van der Waals surface area (Å²) < 4.78 is 11.5. The van der Waals surface area contributed by atoms with Crippen molar-refractivity contribution in [1.29, 1.82) is 5.26 Å². The SMILES string of the molecule is CC[C@H](C)c1ccc(OCCOc2ccc(/C=C(/C#N)C(=O)Nc3ccccc3)cc2)cc1. The predicted octanol–water partition coefficient (Wildman–Crippen LogP) is 6.20. The minimum atomic E-state index is -0.446. The largest absolute Gasteiger partial charge is 0.490 e. The van der Waals surface area contributed by atoms with Crippen molar-refractivity contribution in [2.75, 3.05) is 18.5 Å². The number of nitrogens with zero attached hydrogens (tertiary/aromatic N) is 1. The molecule has 0 aromatic heterocycles. The first-order chi connectivity index (χ1) is 16.1. The maximum Gasteiger partial charge on any atom is 0.266 e. The van der Waals surface area contributed by atoms with Gasteiger partial charge in [0.05, 0.1) is 0 Å². The fourth-order valence-electron chi connectivity index (χ4n) is 3.14. The zero-order chi connectivity index (χ0) is 23.5. The number of hydrogen-bond donors (Lipinski definition) is 1. The highest BCUT2D eigenvalue weighted by Crippen LogP contribution is 2.21. The molecule has 1 amide bonds. The summed E-state index contributed by atoms with van der Waals surface area (Å²) in [5.41, 5.74) is 2.72. The molecule has 33 heavy (non-hydrogen) atoms. The molecule has 1 atom stereocenters. The van der Waals surface area contributed by atoms with Gasteiger partial charge < -0.3 is 14.8 Å². The van der Waals surface area contributed by atoms with Crippen molar-refractivity contribution in [2.24, 2.45) is 0 Å². The molecule has 0 unspecified atom stereocenters. The zero-order valence-corrected chi connectivity index (χ0v) is 19.0. The van der Waals surface area contributed by atoms with E-state index in [9.17, 15) is 10.1 Å². The van der Waals surface area contributed by atoms with Gasteiger partial charge in [0.15, 0.2) is 0 Å². The fraction of sp³-hybridized carbons (Fsp3) is 0.214. The average molecular weight is 441 g/mol. The number of carbonyl (C=O) groups excluding carboxylic acids is 1. The first-order valence-corrected chi connectivity index (χ1v) is 11.0. The Morgan fingerprint density at radius 1 is 0.939 bits per heavy atom. The molecule has 0 aliphatic heterocycles. The lowest BCUT2D eigenvalue weighted by molar-refractivity contribution is -0.112. The maximum absolute atomic E-state index is 12.3. The molecule has 168 valence electrons. The summed E-state index contributed by atoms with van der Waals surface area (Å²) in [6.07, 6.45) is 2.66. The monoisotopic (exact) mass is 440 g/mol. The van der Waals surface area contributed by atoms with Crippen LogP contribution in [0.5, 0.6) is 11.5 Å². The summed E-state index contributed by atoms with van der Waals surface area (Å²) in [7, 11) is 0. The number of carbonyl (C=O) groups is 1. The Labute approximate surface area is 195 Å². The number of benzene rings is 3. The van der Waals surface area contributed by atoms with Gasteiger partial charge in [0.1, 0.15) is 36.4 Å². The second kappa shape index (κ2) is 12.1. The third-order valence-corrected chi connectivity index (χ3v) is 5.27. The molecule has 5 nitrogen and oxygen atoms in total. The number of ether oxygens (including phenoxy) is 2. The van der Waals surface area contributed by atoms with Crippen molar-refractivity contribution in [1.82, 2.24) is 0 Å². The van der Waals surface area contributed by atoms with Crippen molar-refractivity contribution < 1.29 is 14.3 Å². The molecule has 5 heteroatoms. The third-order valence-electron chi connectivity index (χ3n) is 5.27. The van der Waals surface area contributed by atoms with E-state index in [1.165, 1.54) is 5.56 Å². The van der Waals surface area contributed by atoms with E-state index in [1.54, 1.807) is 42.5 Å². The molecule has 0 spiro atoms. The van der Waals surface area contributed by atoms with Crippen molar-refractivity contribution in [3.05, 3.63) is 95.6 Å². The first kappa shape index (κ1) is 23.6. The van der Waals surface area contributed by atoms with Crippen LogP contribution < -0.4 is 14.8 Å². The van der Waals surface area contributed by atoms with E-state index in [0.717, 1.165) is 17.7 Å². The minimum Gasteiger partial charge on any atom is -0.490 e. The molecular formula is C28H28N2O3. The first-order valence-electron chi connectivity index (χ1n) is 11.0. The molecule has 0 bridgehead atoms. The number of nitriles is 1. The number of anilines is 1. The Morgan fingerprint density at radius 3 is 2.06 bits per heavy atom. The normalized spacial score (nSPS) is 11.8. The van der Waals surface area contributed by atoms with Gasteiger partial charge in [-0.15, -0.1) is 0 Å². The number of hydrogen-bond acceptors (Lipinski definition) is 4. The number of amides is 1. The molecule has 0 saturated carbocycles. The van der Waals surface area contributed by atoms with Gasteiger partial charge in [0.25, 0.3) is 5.91 Å². The summed E-state index contributed by atoms with van der Waals surface area (Å²) in [5.74, 6) is 1.61. The molecule has 0 fully saturated rings. The molecule has 3 rings (SSSR count). The van der Waals surface area contributed by atoms with Crippen LogP contribution in [0.3, 0.4) is 0 Å². The van der Waals surface area contributed by atoms with Crippen LogP contribution in [0.15, 0.2) is 84.4 Å². The number of rotatable bonds is 10. The Balaban J connectivity index is 1.48. The van der Waals surface area contributed by atoms with Gasteiger partial charge in [-0.05, 0) is 65.9 Å². The Hall–Kier alpha value is -4.04. The van der Waals surface area contributed by atoms with Gasteiger partial charge in [0, 0.05) is 5.69 Å². The summed E-state index contributed by atoms with van der Waals surface area (Å²) >= 11 is 0. The van der Waals surface area contributed by atoms with Crippen molar-refractivity contribution in [2.45, 2.75) is 26.2 Å². The van der Waals surface area contributed by atoms with Crippen LogP contribution in [0.4, 0.5) is 5.69 Å². The van der Waals surface area contributed by atoms with Crippen molar-refractivity contribution >= 4 is 17.7 Å². The molecular weight excluding hydrogens is 412 g/mol. The summed E-state index contributed by atoms with van der Waals surface area (Å²) in [6.45, 7) is 5.24. The van der Waals surface area contributed by atoms with Gasteiger partial charge in [-0.25, -0.2) is 0 Å². The van der Waals surface area contributed by atoms with Crippen molar-refractivity contribution in [3.63, 3.8) is 0 Å². The number of para-hydroxylation sites is 1. The van der Waals surface area contributed by atoms with Crippen LogP contribution in [0.25, 0.3) is 6.08 Å². The zero-order valence-electron chi connectivity index (χ0n) is 19.0. The molecule has 0 heterocycles. The number of nitrogens with one attached hydrogen (secondary N) is 1. The van der Waals surface area contributed by atoms with Crippen LogP contribution in [0.1, 0.15) is 37.3 Å². The fourth-order valence-corrected chi connectivity index (χ4v) is 3.14.